The summed E-state index contributed by atoms with van der Waals surface area (Å²) < 4.78 is 13.1. The van der Waals surface area contributed by atoms with Gasteiger partial charge in [-0.05, 0) is 42.4 Å². The van der Waals surface area contributed by atoms with Gasteiger partial charge in [0.1, 0.15) is 5.82 Å². The Kier molecular flexibility index (Phi) is 4.07. The highest BCUT2D eigenvalue weighted by Crippen LogP contribution is 2.63. The lowest BCUT2D eigenvalue weighted by atomic mass is 9.90. The smallest absolute Gasteiger partial charge is 0.307 e. The standard InChI is InChI=1S/C15H14ClFO4S/c16-9-4-7(1-2-10(9)17)22-5-6-3-8-12(11(6)14(18)19)13(8)15(20)21/h1-2,4,6,8,11-13H,3,5H2,(H,18,19)(H,20,21). The van der Waals surface area contributed by atoms with Crippen LogP contribution < -0.4 is 0 Å². The molecule has 2 fully saturated rings. The lowest BCUT2D eigenvalue weighted by Gasteiger charge is -2.19. The second-order valence-corrected chi connectivity index (χ2v) is 7.35. The van der Waals surface area contributed by atoms with Crippen molar-refractivity contribution in [3.8, 4) is 0 Å². The van der Waals surface area contributed by atoms with E-state index in [1.807, 2.05) is 0 Å². The number of halogens is 2. The van der Waals surface area contributed by atoms with E-state index in [2.05, 4.69) is 0 Å². The van der Waals surface area contributed by atoms with E-state index in [1.165, 1.54) is 23.9 Å². The topological polar surface area (TPSA) is 74.6 Å². The summed E-state index contributed by atoms with van der Waals surface area (Å²) >= 11 is 7.16. The predicted octanol–water partition coefficient (Wildman–Crippen LogP) is 3.24. The van der Waals surface area contributed by atoms with Crippen LogP contribution in [0.1, 0.15) is 6.42 Å². The third kappa shape index (κ3) is 2.70. The summed E-state index contributed by atoms with van der Waals surface area (Å²) in [6, 6.07) is 4.41. The minimum atomic E-state index is -0.918. The fourth-order valence-electron chi connectivity index (χ4n) is 3.66. The maximum Gasteiger partial charge on any atom is 0.307 e. The Hall–Kier alpha value is -1.27. The highest BCUT2D eigenvalue weighted by Gasteiger charge is 2.66. The summed E-state index contributed by atoms with van der Waals surface area (Å²) in [7, 11) is 0. The Morgan fingerprint density at radius 3 is 2.55 bits per heavy atom. The molecule has 118 valence electrons. The van der Waals surface area contributed by atoms with E-state index in [0.29, 0.717) is 12.2 Å². The molecule has 2 saturated carbocycles. The maximum absolute atomic E-state index is 13.1. The van der Waals surface area contributed by atoms with Crippen molar-refractivity contribution in [2.75, 3.05) is 5.75 Å². The van der Waals surface area contributed by atoms with Crippen molar-refractivity contribution in [3.63, 3.8) is 0 Å². The molecule has 0 heterocycles. The van der Waals surface area contributed by atoms with Gasteiger partial charge in [-0.25, -0.2) is 4.39 Å². The van der Waals surface area contributed by atoms with Crippen molar-refractivity contribution in [2.45, 2.75) is 11.3 Å². The summed E-state index contributed by atoms with van der Waals surface area (Å²) in [5.41, 5.74) is 0. The number of carbonyl (C=O) groups is 2. The molecule has 4 nitrogen and oxygen atoms in total. The van der Waals surface area contributed by atoms with Crippen LogP contribution >= 0.6 is 23.4 Å². The van der Waals surface area contributed by atoms with E-state index < -0.39 is 29.6 Å². The summed E-state index contributed by atoms with van der Waals surface area (Å²) in [4.78, 5) is 23.3. The normalized spacial score (nSPS) is 32.5. The van der Waals surface area contributed by atoms with Crippen LogP contribution in [0.3, 0.4) is 0 Å². The molecule has 1 aromatic rings. The highest BCUT2D eigenvalue weighted by atomic mass is 35.5. The zero-order valence-corrected chi connectivity index (χ0v) is 13.0. The lowest BCUT2D eigenvalue weighted by molar-refractivity contribution is -0.145. The monoisotopic (exact) mass is 344 g/mol. The van der Waals surface area contributed by atoms with Crippen LogP contribution in [0.15, 0.2) is 23.1 Å². The molecule has 5 unspecified atom stereocenters. The van der Waals surface area contributed by atoms with Gasteiger partial charge in [0.05, 0.1) is 16.9 Å². The number of fused-ring (bicyclic) bond motifs is 1. The van der Waals surface area contributed by atoms with Gasteiger partial charge < -0.3 is 10.2 Å². The van der Waals surface area contributed by atoms with Gasteiger partial charge in [0, 0.05) is 10.6 Å². The number of carboxylic acid groups (broad SMARTS) is 2. The zero-order valence-electron chi connectivity index (χ0n) is 11.4. The largest absolute Gasteiger partial charge is 0.481 e. The third-order valence-corrected chi connectivity index (χ3v) is 6.12. The first kappa shape index (κ1) is 15.6. The summed E-state index contributed by atoms with van der Waals surface area (Å²) in [6.45, 7) is 0. The average Bonchev–Trinajstić information content (AvgIpc) is 3.01. The number of benzene rings is 1. The fraction of sp³-hybridized carbons (Fsp3) is 0.467. The van der Waals surface area contributed by atoms with Crippen molar-refractivity contribution in [1.29, 1.82) is 0 Å². The molecule has 2 aliphatic carbocycles. The van der Waals surface area contributed by atoms with Crippen LogP contribution in [0.2, 0.25) is 5.02 Å². The van der Waals surface area contributed by atoms with Crippen LogP contribution in [0.5, 0.6) is 0 Å². The van der Waals surface area contributed by atoms with Gasteiger partial charge in [-0.1, -0.05) is 11.6 Å². The first-order valence-corrected chi connectivity index (χ1v) is 8.30. The molecule has 0 radical (unpaired) electrons. The van der Waals surface area contributed by atoms with E-state index in [-0.39, 0.29) is 22.8 Å². The van der Waals surface area contributed by atoms with Gasteiger partial charge in [-0.15, -0.1) is 11.8 Å². The van der Waals surface area contributed by atoms with Crippen molar-refractivity contribution >= 4 is 35.3 Å². The lowest BCUT2D eigenvalue weighted by Crippen LogP contribution is -2.26. The molecule has 2 N–H and O–H groups in total. The van der Waals surface area contributed by atoms with Gasteiger partial charge in [-0.3, -0.25) is 9.59 Å². The zero-order chi connectivity index (χ0) is 16.0. The number of aliphatic carboxylic acids is 2. The molecule has 7 heteroatoms. The molecular weight excluding hydrogens is 331 g/mol. The van der Waals surface area contributed by atoms with E-state index in [0.717, 1.165) is 4.90 Å². The Balaban J connectivity index is 1.65. The number of carboxylic acids is 2. The molecule has 0 saturated heterocycles. The van der Waals surface area contributed by atoms with Crippen LogP contribution in [-0.2, 0) is 9.59 Å². The first-order valence-electron chi connectivity index (χ1n) is 6.93. The molecule has 0 aromatic heterocycles. The first-order chi connectivity index (χ1) is 10.4. The molecule has 0 amide bonds. The van der Waals surface area contributed by atoms with Gasteiger partial charge in [0.2, 0.25) is 0 Å². The molecule has 0 spiro atoms. The SMILES string of the molecule is O=C(O)C1C(CSc2ccc(F)c(Cl)c2)CC2C(C(=O)O)C21. The van der Waals surface area contributed by atoms with Crippen molar-refractivity contribution < 1.29 is 24.2 Å². The Morgan fingerprint density at radius 2 is 1.95 bits per heavy atom. The van der Waals surface area contributed by atoms with E-state index in [1.54, 1.807) is 6.07 Å². The number of thioether (sulfide) groups is 1. The molecule has 5 atom stereocenters. The molecule has 3 rings (SSSR count). The van der Waals surface area contributed by atoms with Crippen molar-refractivity contribution in [1.82, 2.24) is 0 Å². The minimum Gasteiger partial charge on any atom is -0.481 e. The third-order valence-electron chi connectivity index (χ3n) is 4.65. The molecular formula is C15H14ClFO4S. The second-order valence-electron chi connectivity index (χ2n) is 5.85. The minimum absolute atomic E-state index is 0.0130. The van der Waals surface area contributed by atoms with Gasteiger partial charge >= 0.3 is 11.9 Å². The molecule has 1 aromatic carbocycles. The van der Waals surface area contributed by atoms with E-state index in [9.17, 15) is 19.1 Å². The Morgan fingerprint density at radius 1 is 1.27 bits per heavy atom. The molecule has 0 bridgehead atoms. The molecule has 0 aliphatic heterocycles. The number of hydrogen-bond donors (Lipinski definition) is 2. The summed E-state index contributed by atoms with van der Waals surface area (Å²) in [6.07, 6.45) is 0.626. The predicted molar refractivity (Wildman–Crippen MR) is 79.5 cm³/mol. The quantitative estimate of drug-likeness (QED) is 0.802. The highest BCUT2D eigenvalue weighted by molar-refractivity contribution is 7.99. The van der Waals surface area contributed by atoms with E-state index in [4.69, 9.17) is 16.7 Å². The second kappa shape index (κ2) is 5.74. The van der Waals surface area contributed by atoms with Gasteiger partial charge in [0.25, 0.3) is 0 Å². The summed E-state index contributed by atoms with van der Waals surface area (Å²) in [5, 5.41) is 18.5. The van der Waals surface area contributed by atoms with Crippen LogP contribution in [-0.4, -0.2) is 27.9 Å². The average molecular weight is 345 g/mol. The van der Waals surface area contributed by atoms with Gasteiger partial charge in [0.15, 0.2) is 0 Å². The Bertz CT molecular complexity index is 638. The van der Waals surface area contributed by atoms with E-state index >= 15 is 0 Å². The van der Waals surface area contributed by atoms with Gasteiger partial charge in [-0.2, -0.15) is 0 Å². The van der Waals surface area contributed by atoms with Crippen LogP contribution in [0.4, 0.5) is 4.39 Å². The number of rotatable bonds is 5. The summed E-state index contributed by atoms with van der Waals surface area (Å²) in [5.74, 6) is -3.14. The van der Waals surface area contributed by atoms with Crippen LogP contribution in [0, 0.1) is 35.4 Å². The van der Waals surface area contributed by atoms with Crippen molar-refractivity contribution in [3.05, 3.63) is 29.0 Å². The number of hydrogen-bond acceptors (Lipinski definition) is 3. The van der Waals surface area contributed by atoms with Crippen molar-refractivity contribution in [2.24, 2.45) is 29.6 Å². The molecule has 2 aliphatic rings. The maximum atomic E-state index is 13.1. The van der Waals surface area contributed by atoms with Crippen LogP contribution in [0.25, 0.3) is 0 Å². The molecule has 22 heavy (non-hydrogen) atoms. The fourth-order valence-corrected chi connectivity index (χ4v) is 5.02. The Labute approximate surface area is 135 Å².